The van der Waals surface area contributed by atoms with E-state index in [1.54, 1.807) is 0 Å². The van der Waals surface area contributed by atoms with E-state index >= 15 is 0 Å². The van der Waals surface area contributed by atoms with Crippen LogP contribution in [0.4, 0.5) is 5.69 Å². The molecule has 1 aromatic carbocycles. The van der Waals surface area contributed by atoms with Crippen LogP contribution in [0.1, 0.15) is 18.4 Å². The topological polar surface area (TPSA) is 29.3 Å². The summed E-state index contributed by atoms with van der Waals surface area (Å²) < 4.78 is 0. The van der Waals surface area contributed by atoms with Gasteiger partial charge in [0.15, 0.2) is 0 Å². The van der Waals surface area contributed by atoms with E-state index in [4.69, 9.17) is 17.3 Å². The van der Waals surface area contributed by atoms with Gasteiger partial charge in [-0.3, -0.25) is 0 Å². The Morgan fingerprint density at radius 1 is 1.47 bits per heavy atom. The van der Waals surface area contributed by atoms with E-state index in [0.717, 1.165) is 24.5 Å². The van der Waals surface area contributed by atoms with Gasteiger partial charge in [0.05, 0.1) is 0 Å². The predicted octanol–water partition coefficient (Wildman–Crippen LogP) is 2.58. The molecule has 1 heterocycles. The Morgan fingerprint density at radius 3 is 3.00 bits per heavy atom. The molecule has 0 aliphatic carbocycles. The maximum Gasteiger partial charge on any atom is 0.0426 e. The Morgan fingerprint density at radius 2 is 2.27 bits per heavy atom. The monoisotopic (exact) mass is 224 g/mol. The van der Waals surface area contributed by atoms with Crippen LogP contribution in [0.2, 0.25) is 5.02 Å². The summed E-state index contributed by atoms with van der Waals surface area (Å²) in [5, 5.41) is 0.801. The van der Waals surface area contributed by atoms with Crippen LogP contribution in [0, 0.1) is 6.92 Å². The Hall–Kier alpha value is -0.730. The fraction of sp³-hybridized carbons (Fsp3) is 0.500. The lowest BCUT2D eigenvalue weighted by Crippen LogP contribution is -2.43. The van der Waals surface area contributed by atoms with Crippen molar-refractivity contribution in [2.45, 2.75) is 25.8 Å². The van der Waals surface area contributed by atoms with Crippen molar-refractivity contribution in [3.05, 3.63) is 28.8 Å². The number of hydrogen-bond donors (Lipinski definition) is 1. The molecule has 3 heteroatoms. The second-order valence-corrected chi connectivity index (χ2v) is 4.72. The highest BCUT2D eigenvalue weighted by molar-refractivity contribution is 6.30. The summed E-state index contributed by atoms with van der Waals surface area (Å²) in [6.45, 7) is 4.15. The molecule has 0 saturated carbocycles. The van der Waals surface area contributed by atoms with Crippen LogP contribution in [0.25, 0.3) is 0 Å². The van der Waals surface area contributed by atoms with Crippen molar-refractivity contribution in [2.75, 3.05) is 18.0 Å². The first-order chi connectivity index (χ1) is 7.16. The molecule has 2 N–H and O–H groups in total. The van der Waals surface area contributed by atoms with Crippen LogP contribution < -0.4 is 10.6 Å². The largest absolute Gasteiger partial charge is 0.370 e. The van der Waals surface area contributed by atoms with E-state index in [0.29, 0.717) is 6.04 Å². The van der Waals surface area contributed by atoms with Crippen molar-refractivity contribution in [3.8, 4) is 0 Å². The Labute approximate surface area is 96.0 Å². The van der Waals surface area contributed by atoms with Crippen molar-refractivity contribution < 1.29 is 0 Å². The predicted molar refractivity (Wildman–Crippen MR) is 65.6 cm³/mol. The van der Waals surface area contributed by atoms with E-state index in [2.05, 4.69) is 17.9 Å². The molecule has 1 aromatic rings. The highest BCUT2D eigenvalue weighted by Crippen LogP contribution is 2.26. The fourth-order valence-electron chi connectivity index (χ4n) is 2.15. The molecule has 0 radical (unpaired) electrons. The third-order valence-electron chi connectivity index (χ3n) is 2.97. The number of piperidine rings is 1. The number of benzene rings is 1. The molecular formula is C12H17ClN2. The van der Waals surface area contributed by atoms with Gasteiger partial charge >= 0.3 is 0 Å². The highest BCUT2D eigenvalue weighted by Gasteiger charge is 2.18. The standard InChI is InChI=1S/C12H17ClN2/c1-9-4-5-10(13)7-12(9)15-6-2-3-11(14)8-15/h4-5,7,11H,2-3,6,8,14H2,1H3/t11-/m0/s1. The van der Waals surface area contributed by atoms with E-state index in [9.17, 15) is 0 Å². The van der Waals surface area contributed by atoms with Gasteiger partial charge in [-0.15, -0.1) is 0 Å². The highest BCUT2D eigenvalue weighted by atomic mass is 35.5. The number of hydrogen-bond acceptors (Lipinski definition) is 2. The first-order valence-electron chi connectivity index (χ1n) is 5.43. The van der Waals surface area contributed by atoms with Crippen LogP contribution in [0.5, 0.6) is 0 Å². The summed E-state index contributed by atoms with van der Waals surface area (Å²) in [6.07, 6.45) is 2.31. The lowest BCUT2D eigenvalue weighted by atomic mass is 10.0. The van der Waals surface area contributed by atoms with Gasteiger partial charge in [-0.05, 0) is 37.5 Å². The first kappa shape index (κ1) is 10.8. The average Bonchev–Trinajstić information content (AvgIpc) is 2.22. The number of aryl methyl sites for hydroxylation is 1. The third-order valence-corrected chi connectivity index (χ3v) is 3.20. The molecule has 0 aromatic heterocycles. The van der Waals surface area contributed by atoms with Crippen molar-refractivity contribution in [3.63, 3.8) is 0 Å². The lowest BCUT2D eigenvalue weighted by Gasteiger charge is -2.33. The smallest absolute Gasteiger partial charge is 0.0426 e. The molecule has 1 atom stereocenters. The minimum Gasteiger partial charge on any atom is -0.370 e. The van der Waals surface area contributed by atoms with Crippen LogP contribution >= 0.6 is 11.6 Å². The zero-order valence-corrected chi connectivity index (χ0v) is 9.80. The van der Waals surface area contributed by atoms with E-state index in [1.807, 2.05) is 12.1 Å². The Bertz CT molecular complexity index is 351. The SMILES string of the molecule is Cc1ccc(Cl)cc1N1CCC[C@H](N)C1. The number of rotatable bonds is 1. The number of halogens is 1. The molecule has 1 aliphatic heterocycles. The Balaban J connectivity index is 2.24. The summed E-state index contributed by atoms with van der Waals surface area (Å²) in [5.74, 6) is 0. The number of anilines is 1. The molecule has 2 nitrogen and oxygen atoms in total. The average molecular weight is 225 g/mol. The van der Waals surface area contributed by atoms with Crippen molar-refractivity contribution >= 4 is 17.3 Å². The molecular weight excluding hydrogens is 208 g/mol. The van der Waals surface area contributed by atoms with Crippen molar-refractivity contribution in [1.82, 2.24) is 0 Å². The van der Waals surface area contributed by atoms with E-state index in [-0.39, 0.29) is 0 Å². The molecule has 2 rings (SSSR count). The van der Waals surface area contributed by atoms with Gasteiger partial charge in [-0.1, -0.05) is 17.7 Å². The lowest BCUT2D eigenvalue weighted by molar-refractivity contribution is 0.505. The fourth-order valence-corrected chi connectivity index (χ4v) is 2.32. The van der Waals surface area contributed by atoms with Gasteiger partial charge in [0.25, 0.3) is 0 Å². The first-order valence-corrected chi connectivity index (χ1v) is 5.81. The van der Waals surface area contributed by atoms with Crippen LogP contribution in [-0.4, -0.2) is 19.1 Å². The summed E-state index contributed by atoms with van der Waals surface area (Å²) in [4.78, 5) is 2.34. The van der Waals surface area contributed by atoms with Crippen LogP contribution in [-0.2, 0) is 0 Å². The molecule has 1 saturated heterocycles. The maximum atomic E-state index is 6.01. The minimum atomic E-state index is 0.303. The van der Waals surface area contributed by atoms with Gasteiger partial charge in [0, 0.05) is 29.8 Å². The number of nitrogens with zero attached hydrogens (tertiary/aromatic N) is 1. The zero-order chi connectivity index (χ0) is 10.8. The summed E-state index contributed by atoms with van der Waals surface area (Å²) in [5.41, 5.74) is 8.48. The second kappa shape index (κ2) is 4.42. The molecule has 0 amide bonds. The van der Waals surface area contributed by atoms with E-state index in [1.165, 1.54) is 17.7 Å². The Kier molecular flexibility index (Phi) is 3.17. The molecule has 15 heavy (non-hydrogen) atoms. The molecule has 82 valence electrons. The normalized spacial score (nSPS) is 21.8. The summed E-state index contributed by atoms with van der Waals surface area (Å²) in [6, 6.07) is 6.34. The second-order valence-electron chi connectivity index (χ2n) is 4.28. The van der Waals surface area contributed by atoms with E-state index < -0.39 is 0 Å². The zero-order valence-electron chi connectivity index (χ0n) is 9.04. The third kappa shape index (κ3) is 2.44. The molecule has 1 aliphatic rings. The molecule has 0 unspecified atom stereocenters. The minimum absolute atomic E-state index is 0.303. The molecule has 0 spiro atoms. The quantitative estimate of drug-likeness (QED) is 0.795. The van der Waals surface area contributed by atoms with Gasteiger partial charge in [-0.2, -0.15) is 0 Å². The number of nitrogens with two attached hydrogens (primary N) is 1. The van der Waals surface area contributed by atoms with Crippen LogP contribution in [0.15, 0.2) is 18.2 Å². The van der Waals surface area contributed by atoms with Gasteiger partial charge < -0.3 is 10.6 Å². The van der Waals surface area contributed by atoms with Gasteiger partial charge in [0.1, 0.15) is 0 Å². The van der Waals surface area contributed by atoms with Crippen LogP contribution in [0.3, 0.4) is 0 Å². The van der Waals surface area contributed by atoms with Crippen molar-refractivity contribution in [2.24, 2.45) is 5.73 Å². The maximum absolute atomic E-state index is 6.01. The summed E-state index contributed by atoms with van der Waals surface area (Å²) in [7, 11) is 0. The molecule has 0 bridgehead atoms. The summed E-state index contributed by atoms with van der Waals surface area (Å²) >= 11 is 6.01. The molecule has 1 fully saturated rings. The van der Waals surface area contributed by atoms with Crippen molar-refractivity contribution in [1.29, 1.82) is 0 Å². The van der Waals surface area contributed by atoms with Gasteiger partial charge in [-0.25, -0.2) is 0 Å². The van der Waals surface area contributed by atoms with Gasteiger partial charge in [0.2, 0.25) is 0 Å².